The normalized spacial score (nSPS) is 13.2. The molecule has 0 fully saturated rings. The SMILES string of the molecule is CC(NS(=O)(=O)c1ccc(NC(C)(C)C)c(C(=O)O)c1)c1ccccc1. The zero-order chi connectivity index (χ0) is 19.5. The molecule has 6 nitrogen and oxygen atoms in total. The molecule has 0 spiro atoms. The van der Waals surface area contributed by atoms with Crippen molar-refractivity contribution >= 4 is 21.7 Å². The Bertz CT molecular complexity index is 888. The number of sulfonamides is 1. The zero-order valence-corrected chi connectivity index (χ0v) is 16.1. The number of anilines is 1. The van der Waals surface area contributed by atoms with E-state index >= 15 is 0 Å². The van der Waals surface area contributed by atoms with Crippen molar-refractivity contribution in [2.75, 3.05) is 5.32 Å². The molecule has 2 rings (SSSR count). The minimum atomic E-state index is -3.87. The zero-order valence-electron chi connectivity index (χ0n) is 15.3. The molecule has 0 heterocycles. The fraction of sp³-hybridized carbons (Fsp3) is 0.316. The van der Waals surface area contributed by atoms with Gasteiger partial charge in [0.15, 0.2) is 0 Å². The summed E-state index contributed by atoms with van der Waals surface area (Å²) in [7, 11) is -3.87. The number of hydrogen-bond donors (Lipinski definition) is 3. The van der Waals surface area contributed by atoms with Crippen LogP contribution in [0, 0.1) is 0 Å². The maximum Gasteiger partial charge on any atom is 0.337 e. The largest absolute Gasteiger partial charge is 0.478 e. The number of hydrogen-bond acceptors (Lipinski definition) is 4. The van der Waals surface area contributed by atoms with Crippen molar-refractivity contribution < 1.29 is 18.3 Å². The standard InChI is InChI=1S/C19H24N2O4S/c1-13(14-8-6-5-7-9-14)21-26(24,25)15-10-11-17(20-19(2,3)4)16(12-15)18(22)23/h5-13,20-21H,1-4H3,(H,22,23). The first-order valence-electron chi connectivity index (χ1n) is 8.22. The van der Waals surface area contributed by atoms with Crippen molar-refractivity contribution in [2.24, 2.45) is 0 Å². The molecular formula is C19H24N2O4S. The Labute approximate surface area is 154 Å². The van der Waals surface area contributed by atoms with Crippen molar-refractivity contribution in [2.45, 2.75) is 44.2 Å². The van der Waals surface area contributed by atoms with Gasteiger partial charge in [0.1, 0.15) is 0 Å². The second-order valence-electron chi connectivity index (χ2n) is 7.14. The Hall–Kier alpha value is -2.38. The first-order valence-corrected chi connectivity index (χ1v) is 9.71. The van der Waals surface area contributed by atoms with Crippen LogP contribution in [0.1, 0.15) is 49.7 Å². The van der Waals surface area contributed by atoms with Gasteiger partial charge in [0, 0.05) is 17.3 Å². The smallest absolute Gasteiger partial charge is 0.337 e. The summed E-state index contributed by atoms with van der Waals surface area (Å²) in [6, 6.07) is 12.8. The van der Waals surface area contributed by atoms with Crippen LogP contribution in [0.25, 0.3) is 0 Å². The summed E-state index contributed by atoms with van der Waals surface area (Å²) < 4.78 is 27.9. The summed E-state index contributed by atoms with van der Waals surface area (Å²) in [6.07, 6.45) is 0. The van der Waals surface area contributed by atoms with Gasteiger partial charge in [-0.15, -0.1) is 0 Å². The van der Waals surface area contributed by atoms with Gasteiger partial charge in [-0.05, 0) is 51.5 Å². The number of nitrogens with one attached hydrogen (secondary N) is 2. The Morgan fingerprint density at radius 1 is 1.08 bits per heavy atom. The average Bonchev–Trinajstić information content (AvgIpc) is 2.53. The summed E-state index contributed by atoms with van der Waals surface area (Å²) in [5.74, 6) is -1.19. The van der Waals surface area contributed by atoms with Crippen molar-refractivity contribution in [3.8, 4) is 0 Å². The highest BCUT2D eigenvalue weighted by Gasteiger charge is 2.23. The number of rotatable bonds is 6. The van der Waals surface area contributed by atoms with Gasteiger partial charge < -0.3 is 10.4 Å². The highest BCUT2D eigenvalue weighted by Crippen LogP contribution is 2.25. The third kappa shape index (κ3) is 5.06. The molecule has 26 heavy (non-hydrogen) atoms. The van der Waals surface area contributed by atoms with Crippen LogP contribution in [0.15, 0.2) is 53.4 Å². The van der Waals surface area contributed by atoms with Crippen LogP contribution in [-0.4, -0.2) is 25.0 Å². The molecule has 0 radical (unpaired) electrons. The van der Waals surface area contributed by atoms with Crippen molar-refractivity contribution in [3.63, 3.8) is 0 Å². The van der Waals surface area contributed by atoms with E-state index in [1.807, 2.05) is 51.1 Å². The Kier molecular flexibility index (Phi) is 5.73. The van der Waals surface area contributed by atoms with Crippen LogP contribution in [0.4, 0.5) is 5.69 Å². The summed E-state index contributed by atoms with van der Waals surface area (Å²) in [4.78, 5) is 11.5. The van der Waals surface area contributed by atoms with Crippen LogP contribution in [0.5, 0.6) is 0 Å². The molecule has 0 aliphatic rings. The van der Waals surface area contributed by atoms with Gasteiger partial charge >= 0.3 is 5.97 Å². The Balaban J connectivity index is 2.34. The molecule has 0 aromatic heterocycles. The van der Waals surface area contributed by atoms with E-state index < -0.39 is 22.0 Å². The molecule has 0 saturated heterocycles. The molecule has 0 saturated carbocycles. The predicted molar refractivity (Wildman–Crippen MR) is 102 cm³/mol. The summed E-state index contributed by atoms with van der Waals surface area (Å²) in [5.41, 5.74) is 0.751. The van der Waals surface area contributed by atoms with Crippen LogP contribution >= 0.6 is 0 Å². The van der Waals surface area contributed by atoms with Gasteiger partial charge in [0.05, 0.1) is 10.5 Å². The van der Waals surface area contributed by atoms with Gasteiger partial charge in [-0.1, -0.05) is 30.3 Å². The van der Waals surface area contributed by atoms with Gasteiger partial charge in [-0.2, -0.15) is 0 Å². The summed E-state index contributed by atoms with van der Waals surface area (Å²) >= 11 is 0. The number of carboxylic acids is 1. The molecule has 3 N–H and O–H groups in total. The Morgan fingerprint density at radius 3 is 2.23 bits per heavy atom. The molecule has 0 bridgehead atoms. The van der Waals surface area contributed by atoms with Gasteiger partial charge in [0.25, 0.3) is 0 Å². The number of aromatic carboxylic acids is 1. The highest BCUT2D eigenvalue weighted by molar-refractivity contribution is 7.89. The monoisotopic (exact) mass is 376 g/mol. The van der Waals surface area contributed by atoms with Crippen LogP contribution in [0.3, 0.4) is 0 Å². The molecule has 7 heteroatoms. The summed E-state index contributed by atoms with van der Waals surface area (Å²) in [5, 5.41) is 12.5. The first-order chi connectivity index (χ1) is 12.0. The van der Waals surface area contributed by atoms with E-state index in [1.165, 1.54) is 18.2 Å². The fourth-order valence-corrected chi connectivity index (χ4v) is 3.75. The molecule has 2 aromatic rings. The quantitative estimate of drug-likeness (QED) is 0.715. The second-order valence-corrected chi connectivity index (χ2v) is 8.86. The van der Waals surface area contributed by atoms with Gasteiger partial charge in [-0.3, -0.25) is 0 Å². The van der Waals surface area contributed by atoms with Gasteiger partial charge in [-0.25, -0.2) is 17.9 Å². The van der Waals surface area contributed by atoms with E-state index in [2.05, 4.69) is 10.0 Å². The van der Waals surface area contributed by atoms with Crippen molar-refractivity contribution in [3.05, 3.63) is 59.7 Å². The van der Waals surface area contributed by atoms with Crippen LogP contribution in [0.2, 0.25) is 0 Å². The third-order valence-electron chi connectivity index (χ3n) is 3.67. The molecule has 1 atom stereocenters. The lowest BCUT2D eigenvalue weighted by molar-refractivity contribution is 0.0697. The second kappa shape index (κ2) is 7.47. The summed E-state index contributed by atoms with van der Waals surface area (Å²) in [6.45, 7) is 7.42. The van der Waals surface area contributed by atoms with Crippen LogP contribution < -0.4 is 10.0 Å². The lowest BCUT2D eigenvalue weighted by Gasteiger charge is -2.23. The van der Waals surface area contributed by atoms with Gasteiger partial charge in [0.2, 0.25) is 10.0 Å². The molecule has 0 aliphatic carbocycles. The molecule has 140 valence electrons. The van der Waals surface area contributed by atoms with Crippen LogP contribution in [-0.2, 0) is 10.0 Å². The fourth-order valence-electron chi connectivity index (χ4n) is 2.49. The maximum absolute atomic E-state index is 12.7. The average molecular weight is 376 g/mol. The van der Waals surface area contributed by atoms with E-state index in [0.717, 1.165) is 5.56 Å². The number of benzene rings is 2. The minimum Gasteiger partial charge on any atom is -0.478 e. The number of carbonyl (C=O) groups is 1. The van der Waals surface area contributed by atoms with E-state index in [9.17, 15) is 18.3 Å². The van der Waals surface area contributed by atoms with E-state index in [-0.39, 0.29) is 16.0 Å². The highest BCUT2D eigenvalue weighted by atomic mass is 32.2. The lowest BCUT2D eigenvalue weighted by atomic mass is 10.1. The molecule has 2 aromatic carbocycles. The third-order valence-corrected chi connectivity index (χ3v) is 5.21. The predicted octanol–water partition coefficient (Wildman–Crippen LogP) is 3.63. The Morgan fingerprint density at radius 2 is 1.69 bits per heavy atom. The van der Waals surface area contributed by atoms with E-state index in [1.54, 1.807) is 6.92 Å². The molecule has 0 amide bonds. The molecular weight excluding hydrogens is 352 g/mol. The number of carboxylic acid groups (broad SMARTS) is 1. The molecule has 0 aliphatic heterocycles. The van der Waals surface area contributed by atoms with E-state index in [4.69, 9.17) is 0 Å². The van der Waals surface area contributed by atoms with Crippen molar-refractivity contribution in [1.29, 1.82) is 0 Å². The topological polar surface area (TPSA) is 95.5 Å². The maximum atomic E-state index is 12.7. The first kappa shape index (κ1) is 19.9. The molecule has 1 unspecified atom stereocenters. The van der Waals surface area contributed by atoms with Crippen molar-refractivity contribution in [1.82, 2.24) is 4.72 Å². The minimum absolute atomic E-state index is 0.0860. The lowest BCUT2D eigenvalue weighted by Crippen LogP contribution is -2.29. The van der Waals surface area contributed by atoms with E-state index in [0.29, 0.717) is 5.69 Å².